The maximum absolute atomic E-state index is 6.38. The highest BCUT2D eigenvalue weighted by atomic mass is 16.5. The molecule has 0 spiro atoms. The first-order valence-electron chi connectivity index (χ1n) is 10.3. The molecule has 3 aromatic rings. The minimum Gasteiger partial charge on any atom is -0.488 e. The molecule has 0 saturated carbocycles. The van der Waals surface area contributed by atoms with Gasteiger partial charge in [-0.25, -0.2) is 0 Å². The summed E-state index contributed by atoms with van der Waals surface area (Å²) in [5.74, 6) is 0.902. The number of aryl methyl sites for hydroxylation is 2. The Morgan fingerprint density at radius 1 is 1.00 bits per heavy atom. The van der Waals surface area contributed by atoms with Gasteiger partial charge in [0.1, 0.15) is 16.8 Å². The van der Waals surface area contributed by atoms with Crippen molar-refractivity contribution in [1.82, 2.24) is 9.55 Å². The van der Waals surface area contributed by atoms with Gasteiger partial charge in [-0.2, -0.15) is 0 Å². The monoisotopic (exact) mass is 395 g/mol. The van der Waals surface area contributed by atoms with Gasteiger partial charge in [-0.3, -0.25) is 4.98 Å². The molecule has 0 saturated heterocycles. The molecule has 3 N–H and O–H groups in total. The Balaban J connectivity index is 2.29. The summed E-state index contributed by atoms with van der Waals surface area (Å²) in [5, 5.41) is 9.93. The second kappa shape index (κ2) is 8.64. The highest BCUT2D eigenvalue weighted by Crippen LogP contribution is 2.43. The molecule has 0 fully saturated rings. The van der Waals surface area contributed by atoms with E-state index in [-0.39, 0.29) is 6.10 Å². The highest BCUT2D eigenvalue weighted by molar-refractivity contribution is 6.03. The zero-order valence-corrected chi connectivity index (χ0v) is 18.6. The van der Waals surface area contributed by atoms with E-state index in [1.165, 1.54) is 0 Å². The number of ether oxygens (including phenoxy) is 1. The molecular weight excluding hydrogens is 362 g/mol. The number of hydrogen-bond donors (Lipinski definition) is 3. The lowest BCUT2D eigenvalue weighted by molar-refractivity contribution is 0.194. The van der Waals surface area contributed by atoms with E-state index in [1.807, 2.05) is 34.1 Å². The van der Waals surface area contributed by atoms with Crippen LogP contribution in [0.15, 0.2) is 24.4 Å². The fourth-order valence-electron chi connectivity index (χ4n) is 3.86. The van der Waals surface area contributed by atoms with Gasteiger partial charge in [0.15, 0.2) is 0 Å². The van der Waals surface area contributed by atoms with Gasteiger partial charge >= 0.3 is 0 Å². The van der Waals surface area contributed by atoms with Gasteiger partial charge in [0.05, 0.1) is 6.10 Å². The average molecular weight is 396 g/mol. The van der Waals surface area contributed by atoms with Crippen LogP contribution in [0.1, 0.15) is 32.4 Å². The summed E-state index contributed by atoms with van der Waals surface area (Å²) in [6.45, 7) is 6.35. The number of benzene rings is 1. The number of hydrogen-bond acceptors (Lipinski definition) is 5. The molecule has 6 heteroatoms. The van der Waals surface area contributed by atoms with Gasteiger partial charge < -0.3 is 25.3 Å². The lowest BCUT2D eigenvalue weighted by atomic mass is 10.0. The summed E-state index contributed by atoms with van der Waals surface area (Å²) in [6.07, 6.45) is 4.31. The normalized spacial score (nSPS) is 11.2. The van der Waals surface area contributed by atoms with Gasteiger partial charge in [0.25, 0.3) is 0 Å². The highest BCUT2D eigenvalue weighted by Gasteiger charge is 2.21. The summed E-state index contributed by atoms with van der Waals surface area (Å²) in [6, 6.07) is 6.28. The molecule has 0 amide bonds. The zero-order valence-electron chi connectivity index (χ0n) is 18.6. The molecule has 0 unspecified atom stereocenters. The molecule has 29 heavy (non-hydrogen) atoms. The molecule has 1 aromatic carbocycles. The molecule has 156 valence electrons. The first-order valence-corrected chi connectivity index (χ1v) is 10.3. The molecular formula is C23H33N5O. The first-order chi connectivity index (χ1) is 14.0. The molecule has 0 aliphatic rings. The van der Waals surface area contributed by atoms with Crippen LogP contribution in [0.3, 0.4) is 0 Å². The number of aromatic nitrogens is 2. The van der Waals surface area contributed by atoms with E-state index in [4.69, 9.17) is 9.72 Å². The molecule has 0 atom stereocenters. The molecule has 0 bridgehead atoms. The van der Waals surface area contributed by atoms with E-state index in [1.54, 1.807) is 0 Å². The predicted octanol–water partition coefficient (Wildman–Crippen LogP) is 5.24. The molecule has 2 aromatic heterocycles. The van der Waals surface area contributed by atoms with Crippen molar-refractivity contribution in [3.8, 4) is 16.9 Å². The van der Waals surface area contributed by atoms with Gasteiger partial charge in [-0.1, -0.05) is 13.8 Å². The van der Waals surface area contributed by atoms with Crippen molar-refractivity contribution >= 4 is 28.1 Å². The zero-order chi connectivity index (χ0) is 21.1. The van der Waals surface area contributed by atoms with Crippen LogP contribution in [0, 0.1) is 6.92 Å². The average Bonchev–Trinajstić information content (AvgIpc) is 3.06. The lowest BCUT2D eigenvalue weighted by Gasteiger charge is -2.18. The Labute approximate surface area is 173 Å². The van der Waals surface area contributed by atoms with Crippen LogP contribution in [-0.4, -0.2) is 36.8 Å². The van der Waals surface area contributed by atoms with Gasteiger partial charge in [-0.15, -0.1) is 0 Å². The van der Waals surface area contributed by atoms with Crippen LogP contribution in [0.4, 0.5) is 17.1 Å². The number of anilines is 3. The summed E-state index contributed by atoms with van der Waals surface area (Å²) in [5.41, 5.74) is 8.25. The number of pyridine rings is 1. The largest absolute Gasteiger partial charge is 0.488 e. The molecule has 2 heterocycles. The van der Waals surface area contributed by atoms with E-state index in [2.05, 4.69) is 59.7 Å². The van der Waals surface area contributed by atoms with E-state index >= 15 is 0 Å². The summed E-state index contributed by atoms with van der Waals surface area (Å²) in [4.78, 5) is 4.91. The third-order valence-electron chi connectivity index (χ3n) is 5.46. The second-order valence-electron chi connectivity index (χ2n) is 7.37. The van der Waals surface area contributed by atoms with Crippen LogP contribution >= 0.6 is 0 Å². The van der Waals surface area contributed by atoms with Gasteiger partial charge in [-0.05, 0) is 31.9 Å². The van der Waals surface area contributed by atoms with Crippen molar-refractivity contribution in [2.45, 2.75) is 39.7 Å². The van der Waals surface area contributed by atoms with Crippen molar-refractivity contribution in [3.05, 3.63) is 30.1 Å². The summed E-state index contributed by atoms with van der Waals surface area (Å²) in [7, 11) is 7.88. The summed E-state index contributed by atoms with van der Waals surface area (Å²) >= 11 is 0. The fourth-order valence-corrected chi connectivity index (χ4v) is 3.86. The van der Waals surface area contributed by atoms with Crippen LogP contribution < -0.4 is 20.7 Å². The third-order valence-corrected chi connectivity index (χ3v) is 5.46. The Hall–Kier alpha value is -2.89. The Kier molecular flexibility index (Phi) is 6.20. The van der Waals surface area contributed by atoms with Crippen molar-refractivity contribution in [3.63, 3.8) is 0 Å². The van der Waals surface area contributed by atoms with Crippen molar-refractivity contribution in [2.75, 3.05) is 37.1 Å². The number of nitrogens with one attached hydrogen (secondary N) is 3. The second-order valence-corrected chi connectivity index (χ2v) is 7.37. The van der Waals surface area contributed by atoms with Crippen LogP contribution in [0.5, 0.6) is 5.75 Å². The standard InChI is InChI=1S/C23H33N5O/c1-8-16(9-2)29-20-10-14(3)27-22-17(13-28(7)23(20)22)21-18(25-5)11-15(24-4)12-19(21)26-6/h10-13,16,24-26H,8-9H2,1-7H3. The Bertz CT molecular complexity index is 979. The smallest absolute Gasteiger partial charge is 0.147 e. The third kappa shape index (κ3) is 3.84. The van der Waals surface area contributed by atoms with E-state index in [0.29, 0.717) is 0 Å². The lowest BCUT2D eigenvalue weighted by Crippen LogP contribution is -2.14. The van der Waals surface area contributed by atoms with Gasteiger partial charge in [0, 0.05) is 74.3 Å². The first kappa shape index (κ1) is 20.8. The predicted molar refractivity (Wildman–Crippen MR) is 125 cm³/mol. The minimum atomic E-state index is 0.203. The Morgan fingerprint density at radius 3 is 2.14 bits per heavy atom. The number of nitrogens with zero attached hydrogens (tertiary/aromatic N) is 2. The molecule has 3 rings (SSSR count). The maximum Gasteiger partial charge on any atom is 0.147 e. The molecule has 6 nitrogen and oxygen atoms in total. The van der Waals surface area contributed by atoms with Crippen LogP contribution in [-0.2, 0) is 7.05 Å². The van der Waals surface area contributed by atoms with E-state index in [0.717, 1.165) is 63.5 Å². The van der Waals surface area contributed by atoms with Crippen LogP contribution in [0.25, 0.3) is 22.2 Å². The number of rotatable bonds is 8. The molecule has 0 aliphatic heterocycles. The Morgan fingerprint density at radius 2 is 1.62 bits per heavy atom. The van der Waals surface area contributed by atoms with Gasteiger partial charge in [0.2, 0.25) is 0 Å². The van der Waals surface area contributed by atoms with Crippen molar-refractivity contribution in [2.24, 2.45) is 7.05 Å². The summed E-state index contributed by atoms with van der Waals surface area (Å²) < 4.78 is 8.51. The van der Waals surface area contributed by atoms with E-state index < -0.39 is 0 Å². The SMILES string of the molecule is CCC(CC)Oc1cc(C)nc2c(-c3c(NC)cc(NC)cc3NC)cn(C)c12. The van der Waals surface area contributed by atoms with Crippen molar-refractivity contribution in [1.29, 1.82) is 0 Å². The number of fused-ring (bicyclic) bond motifs is 1. The fraction of sp³-hybridized carbons (Fsp3) is 0.435. The van der Waals surface area contributed by atoms with E-state index in [9.17, 15) is 0 Å². The quantitative estimate of drug-likeness (QED) is 0.487. The minimum absolute atomic E-state index is 0.203. The maximum atomic E-state index is 6.38. The molecule has 0 aliphatic carbocycles. The molecule has 0 radical (unpaired) electrons. The topological polar surface area (TPSA) is 63.1 Å². The van der Waals surface area contributed by atoms with Crippen molar-refractivity contribution < 1.29 is 4.74 Å². The van der Waals surface area contributed by atoms with Crippen LogP contribution in [0.2, 0.25) is 0 Å².